The summed E-state index contributed by atoms with van der Waals surface area (Å²) in [6.07, 6.45) is 5.91. The Hall–Kier alpha value is -1.09. The first kappa shape index (κ1) is 10.8. The number of fused-ring (bicyclic) bond motifs is 4. The van der Waals surface area contributed by atoms with Crippen molar-refractivity contribution in [1.29, 1.82) is 0 Å². The van der Waals surface area contributed by atoms with E-state index >= 15 is 0 Å². The molecule has 3 aliphatic rings. The van der Waals surface area contributed by atoms with Crippen molar-refractivity contribution in [1.82, 2.24) is 0 Å². The van der Waals surface area contributed by atoms with Gasteiger partial charge < -0.3 is 10.5 Å². The molecule has 4 atom stereocenters. The van der Waals surface area contributed by atoms with E-state index in [0.717, 1.165) is 30.1 Å². The van der Waals surface area contributed by atoms with Gasteiger partial charge in [0.2, 0.25) is 0 Å². The van der Waals surface area contributed by atoms with Crippen molar-refractivity contribution < 1.29 is 9.13 Å². The van der Waals surface area contributed by atoms with Crippen LogP contribution in [0.3, 0.4) is 0 Å². The predicted molar refractivity (Wildman–Crippen MR) is 66.8 cm³/mol. The molecule has 2 bridgehead atoms. The molecular formula is C15H18FNO. The van der Waals surface area contributed by atoms with Crippen LogP contribution in [0.5, 0.6) is 5.75 Å². The van der Waals surface area contributed by atoms with Gasteiger partial charge in [-0.25, -0.2) is 4.39 Å². The van der Waals surface area contributed by atoms with E-state index in [9.17, 15) is 4.39 Å². The van der Waals surface area contributed by atoms with Crippen LogP contribution < -0.4 is 10.5 Å². The second kappa shape index (κ2) is 3.47. The first-order chi connectivity index (χ1) is 8.66. The van der Waals surface area contributed by atoms with Gasteiger partial charge in [-0.1, -0.05) is 0 Å². The molecule has 3 unspecified atom stereocenters. The van der Waals surface area contributed by atoms with Crippen LogP contribution in [-0.4, -0.2) is 5.60 Å². The number of benzene rings is 1. The van der Waals surface area contributed by atoms with E-state index in [2.05, 4.69) is 0 Å². The lowest BCUT2D eigenvalue weighted by Gasteiger charge is -2.44. The normalized spacial score (nSPS) is 40.9. The molecule has 0 aromatic heterocycles. The smallest absolute Gasteiger partial charge is 0.125 e. The lowest BCUT2D eigenvalue weighted by molar-refractivity contribution is -0.0142. The van der Waals surface area contributed by atoms with E-state index in [1.165, 1.54) is 31.4 Å². The maximum Gasteiger partial charge on any atom is 0.125 e. The zero-order chi connectivity index (χ0) is 12.3. The highest BCUT2D eigenvalue weighted by Gasteiger charge is 2.55. The monoisotopic (exact) mass is 247 g/mol. The fourth-order valence-electron chi connectivity index (χ4n) is 4.41. The highest BCUT2D eigenvalue weighted by molar-refractivity contribution is 5.40. The van der Waals surface area contributed by atoms with Gasteiger partial charge in [0.05, 0.1) is 0 Å². The summed E-state index contributed by atoms with van der Waals surface area (Å²) in [5.74, 6) is 2.07. The lowest BCUT2D eigenvalue weighted by atomic mass is 9.76. The number of hydrogen-bond donors (Lipinski definition) is 1. The van der Waals surface area contributed by atoms with E-state index in [-0.39, 0.29) is 17.5 Å². The molecule has 0 radical (unpaired) electrons. The average Bonchev–Trinajstić information content (AvgIpc) is 2.91. The number of halogens is 1. The number of ether oxygens (including phenoxy) is 1. The van der Waals surface area contributed by atoms with Crippen molar-refractivity contribution in [2.75, 3.05) is 0 Å². The van der Waals surface area contributed by atoms with Crippen LogP contribution in [0, 0.1) is 17.7 Å². The van der Waals surface area contributed by atoms with Crippen molar-refractivity contribution >= 4 is 0 Å². The molecular weight excluding hydrogens is 229 g/mol. The zero-order valence-electron chi connectivity index (χ0n) is 10.4. The second-order valence-electron chi connectivity index (χ2n) is 6.24. The molecule has 1 spiro atoms. The third kappa shape index (κ3) is 1.37. The zero-order valence-corrected chi connectivity index (χ0v) is 10.4. The minimum atomic E-state index is -0.225. The second-order valence-corrected chi connectivity index (χ2v) is 6.24. The third-order valence-electron chi connectivity index (χ3n) is 5.17. The molecule has 0 saturated heterocycles. The molecule has 3 heteroatoms. The average molecular weight is 247 g/mol. The van der Waals surface area contributed by atoms with E-state index in [1.54, 1.807) is 6.07 Å². The molecule has 4 rings (SSSR count). The fraction of sp³-hybridized carbons (Fsp3) is 0.600. The van der Waals surface area contributed by atoms with Crippen LogP contribution in [-0.2, 0) is 0 Å². The highest BCUT2D eigenvalue weighted by atomic mass is 19.1. The molecule has 2 aliphatic carbocycles. The van der Waals surface area contributed by atoms with Crippen LogP contribution in [0.15, 0.2) is 18.2 Å². The first-order valence-corrected chi connectivity index (χ1v) is 6.90. The Kier molecular flexibility index (Phi) is 2.08. The van der Waals surface area contributed by atoms with Gasteiger partial charge in [-0.3, -0.25) is 0 Å². The summed E-state index contributed by atoms with van der Waals surface area (Å²) in [4.78, 5) is 0. The third-order valence-corrected chi connectivity index (χ3v) is 5.17. The molecule has 2 nitrogen and oxygen atoms in total. The van der Waals surface area contributed by atoms with E-state index < -0.39 is 0 Å². The first-order valence-electron chi connectivity index (χ1n) is 6.90. The van der Waals surface area contributed by atoms with E-state index in [0.29, 0.717) is 5.92 Å². The minimum absolute atomic E-state index is 0.0484. The van der Waals surface area contributed by atoms with Gasteiger partial charge in [0.1, 0.15) is 17.2 Å². The van der Waals surface area contributed by atoms with Gasteiger partial charge in [0.25, 0.3) is 0 Å². The van der Waals surface area contributed by atoms with Gasteiger partial charge in [-0.05, 0) is 55.7 Å². The van der Waals surface area contributed by atoms with Crippen molar-refractivity contribution in [2.45, 2.75) is 43.7 Å². The molecule has 18 heavy (non-hydrogen) atoms. The van der Waals surface area contributed by atoms with Crippen LogP contribution in [0.1, 0.15) is 43.7 Å². The van der Waals surface area contributed by atoms with Gasteiger partial charge >= 0.3 is 0 Å². The largest absolute Gasteiger partial charge is 0.487 e. The van der Waals surface area contributed by atoms with E-state index in [4.69, 9.17) is 10.5 Å². The predicted octanol–water partition coefficient (Wildman–Crippen LogP) is 3.17. The molecule has 1 aromatic rings. The number of rotatable bonds is 0. The van der Waals surface area contributed by atoms with Gasteiger partial charge in [0.15, 0.2) is 0 Å². The summed E-state index contributed by atoms with van der Waals surface area (Å²) in [6.45, 7) is 0. The fourth-order valence-corrected chi connectivity index (χ4v) is 4.41. The quantitative estimate of drug-likeness (QED) is 0.764. The van der Waals surface area contributed by atoms with E-state index in [1.807, 2.05) is 0 Å². The van der Waals surface area contributed by atoms with Crippen molar-refractivity contribution in [3.63, 3.8) is 0 Å². The minimum Gasteiger partial charge on any atom is -0.487 e. The maximum atomic E-state index is 13.3. The molecule has 2 N–H and O–H groups in total. The molecule has 96 valence electrons. The Morgan fingerprint density at radius 1 is 1.28 bits per heavy atom. The molecule has 1 heterocycles. The molecule has 2 fully saturated rings. The van der Waals surface area contributed by atoms with Crippen molar-refractivity contribution in [3.05, 3.63) is 29.6 Å². The van der Waals surface area contributed by atoms with Crippen LogP contribution in [0.4, 0.5) is 4.39 Å². The Balaban J connectivity index is 1.74. The van der Waals surface area contributed by atoms with Crippen LogP contribution in [0.2, 0.25) is 0 Å². The number of nitrogens with two attached hydrogens (primary N) is 1. The standard InChI is InChI=1S/C15H18FNO/c16-11-3-4-14-12(6-11)13(17)8-15(18-14)7-9-1-2-10(15)5-9/h3-4,6,9-10,13H,1-2,5,7-8,17H2/t9?,10?,13-,15?/m0/s1. The highest BCUT2D eigenvalue weighted by Crippen LogP contribution is 2.57. The Morgan fingerprint density at radius 3 is 2.89 bits per heavy atom. The van der Waals surface area contributed by atoms with Gasteiger partial charge in [-0.2, -0.15) is 0 Å². The molecule has 1 aliphatic heterocycles. The number of hydrogen-bond acceptors (Lipinski definition) is 2. The summed E-state index contributed by atoms with van der Waals surface area (Å²) >= 11 is 0. The SMILES string of the molecule is N[C@H]1CC2(CC3CCC2C3)Oc2ccc(F)cc21. The summed E-state index contributed by atoms with van der Waals surface area (Å²) in [6, 6.07) is 4.67. The van der Waals surface area contributed by atoms with Crippen molar-refractivity contribution in [2.24, 2.45) is 17.6 Å². The summed E-state index contributed by atoms with van der Waals surface area (Å²) in [5, 5.41) is 0. The maximum absolute atomic E-state index is 13.3. The Bertz CT molecular complexity index is 503. The lowest BCUT2D eigenvalue weighted by Crippen LogP contribution is -2.47. The Labute approximate surface area is 106 Å². The van der Waals surface area contributed by atoms with Gasteiger partial charge in [-0.15, -0.1) is 0 Å². The van der Waals surface area contributed by atoms with Crippen molar-refractivity contribution in [3.8, 4) is 5.75 Å². The topological polar surface area (TPSA) is 35.2 Å². The molecule has 2 saturated carbocycles. The van der Waals surface area contributed by atoms with Crippen LogP contribution in [0.25, 0.3) is 0 Å². The Morgan fingerprint density at radius 2 is 2.17 bits per heavy atom. The van der Waals surface area contributed by atoms with Crippen LogP contribution >= 0.6 is 0 Å². The molecule has 0 amide bonds. The summed E-state index contributed by atoms with van der Waals surface area (Å²) in [5.41, 5.74) is 7.04. The molecule has 1 aromatic carbocycles. The van der Waals surface area contributed by atoms with Gasteiger partial charge in [0, 0.05) is 18.0 Å². The summed E-state index contributed by atoms with van der Waals surface area (Å²) < 4.78 is 19.6. The summed E-state index contributed by atoms with van der Waals surface area (Å²) in [7, 11) is 0.